The zero-order valence-electron chi connectivity index (χ0n) is 11.0. The number of rotatable bonds is 5. The predicted octanol–water partition coefficient (Wildman–Crippen LogP) is 2.60. The minimum absolute atomic E-state index is 0.191. The van der Waals surface area contributed by atoms with Crippen molar-refractivity contribution in [3.05, 3.63) is 35.2 Å². The van der Waals surface area contributed by atoms with E-state index in [-0.39, 0.29) is 12.6 Å². The van der Waals surface area contributed by atoms with Gasteiger partial charge in [-0.2, -0.15) is 4.98 Å². The van der Waals surface area contributed by atoms with Crippen molar-refractivity contribution in [2.45, 2.75) is 19.9 Å². The molecule has 0 bridgehead atoms. The van der Waals surface area contributed by atoms with E-state index < -0.39 is 0 Å². The molecular formula is C13H15ClN4O2. The van der Waals surface area contributed by atoms with Crippen LogP contribution in [0.2, 0.25) is 5.02 Å². The van der Waals surface area contributed by atoms with Gasteiger partial charge in [0.1, 0.15) is 0 Å². The van der Waals surface area contributed by atoms with Gasteiger partial charge in [0.05, 0.1) is 6.54 Å². The molecule has 0 saturated carbocycles. The van der Waals surface area contributed by atoms with Crippen LogP contribution in [-0.2, 0) is 6.54 Å². The van der Waals surface area contributed by atoms with Crippen molar-refractivity contribution >= 4 is 17.6 Å². The zero-order valence-corrected chi connectivity index (χ0v) is 11.8. The van der Waals surface area contributed by atoms with Crippen LogP contribution in [0.3, 0.4) is 0 Å². The lowest BCUT2D eigenvalue weighted by molar-refractivity contribution is 0.238. The molecule has 0 unspecified atom stereocenters. The normalized spacial score (nSPS) is 10.3. The van der Waals surface area contributed by atoms with E-state index in [9.17, 15) is 4.79 Å². The Bertz CT molecular complexity index is 568. The summed E-state index contributed by atoms with van der Waals surface area (Å²) >= 11 is 5.81. The molecule has 2 rings (SSSR count). The molecule has 2 N–H and O–H groups in total. The summed E-state index contributed by atoms with van der Waals surface area (Å²) in [5.41, 5.74) is 0.805. The third kappa shape index (κ3) is 3.96. The predicted molar refractivity (Wildman–Crippen MR) is 75.3 cm³/mol. The molecule has 1 aromatic heterocycles. The molecule has 20 heavy (non-hydrogen) atoms. The highest BCUT2D eigenvalue weighted by Crippen LogP contribution is 2.18. The molecule has 0 radical (unpaired) electrons. The van der Waals surface area contributed by atoms with Crippen LogP contribution in [0.25, 0.3) is 11.4 Å². The second kappa shape index (κ2) is 6.91. The van der Waals surface area contributed by atoms with Crippen LogP contribution in [0.5, 0.6) is 0 Å². The average molecular weight is 295 g/mol. The Hall–Kier alpha value is -2.08. The third-order valence-corrected chi connectivity index (χ3v) is 2.76. The third-order valence-electron chi connectivity index (χ3n) is 2.51. The van der Waals surface area contributed by atoms with Crippen LogP contribution in [0.1, 0.15) is 19.2 Å². The Labute approximate surface area is 121 Å². The largest absolute Gasteiger partial charge is 0.338 e. The Balaban J connectivity index is 1.92. The van der Waals surface area contributed by atoms with Gasteiger partial charge in [-0.05, 0) is 30.7 Å². The maximum absolute atomic E-state index is 11.4. The molecule has 1 heterocycles. The number of hydrogen-bond donors (Lipinski definition) is 2. The SMILES string of the molecule is CCCNC(=O)NCc1nc(-c2ccc(Cl)cc2)no1. The summed E-state index contributed by atoms with van der Waals surface area (Å²) in [4.78, 5) is 15.6. The molecule has 7 heteroatoms. The number of halogens is 1. The fourth-order valence-electron chi connectivity index (χ4n) is 1.50. The summed E-state index contributed by atoms with van der Waals surface area (Å²) in [7, 11) is 0. The van der Waals surface area contributed by atoms with E-state index in [0.29, 0.717) is 23.3 Å². The number of aromatic nitrogens is 2. The number of hydrogen-bond acceptors (Lipinski definition) is 4. The lowest BCUT2D eigenvalue weighted by atomic mass is 10.2. The fourth-order valence-corrected chi connectivity index (χ4v) is 1.63. The summed E-state index contributed by atoms with van der Waals surface area (Å²) in [6.07, 6.45) is 0.884. The maximum Gasteiger partial charge on any atom is 0.315 e. The van der Waals surface area contributed by atoms with E-state index in [4.69, 9.17) is 16.1 Å². The van der Waals surface area contributed by atoms with Gasteiger partial charge in [0.15, 0.2) is 0 Å². The van der Waals surface area contributed by atoms with E-state index >= 15 is 0 Å². The molecule has 0 atom stereocenters. The quantitative estimate of drug-likeness (QED) is 0.888. The van der Waals surface area contributed by atoms with Crippen LogP contribution in [0, 0.1) is 0 Å². The lowest BCUT2D eigenvalue weighted by Gasteiger charge is -2.03. The van der Waals surface area contributed by atoms with E-state index in [2.05, 4.69) is 20.8 Å². The number of carbonyl (C=O) groups is 1. The van der Waals surface area contributed by atoms with E-state index in [1.807, 2.05) is 6.92 Å². The van der Waals surface area contributed by atoms with Gasteiger partial charge in [0.2, 0.25) is 11.7 Å². The molecule has 2 aromatic rings. The smallest absolute Gasteiger partial charge is 0.315 e. The molecular weight excluding hydrogens is 280 g/mol. The molecule has 2 amide bonds. The Morgan fingerprint density at radius 1 is 1.30 bits per heavy atom. The van der Waals surface area contributed by atoms with E-state index in [1.165, 1.54) is 0 Å². The number of nitrogens with one attached hydrogen (secondary N) is 2. The molecule has 6 nitrogen and oxygen atoms in total. The van der Waals surface area contributed by atoms with E-state index in [0.717, 1.165) is 12.0 Å². The molecule has 0 saturated heterocycles. The summed E-state index contributed by atoms with van der Waals surface area (Å²) in [5, 5.41) is 9.83. The van der Waals surface area contributed by atoms with Gasteiger partial charge in [-0.25, -0.2) is 4.79 Å². The molecule has 0 fully saturated rings. The van der Waals surface area contributed by atoms with Crippen LogP contribution < -0.4 is 10.6 Å². The topological polar surface area (TPSA) is 80.0 Å². The second-order valence-electron chi connectivity index (χ2n) is 4.13. The van der Waals surface area contributed by atoms with Gasteiger partial charge in [-0.15, -0.1) is 0 Å². The second-order valence-corrected chi connectivity index (χ2v) is 4.56. The van der Waals surface area contributed by atoms with Crippen molar-refractivity contribution in [2.75, 3.05) is 6.54 Å². The van der Waals surface area contributed by atoms with Crippen molar-refractivity contribution in [1.82, 2.24) is 20.8 Å². The Morgan fingerprint density at radius 3 is 2.75 bits per heavy atom. The summed E-state index contributed by atoms with van der Waals surface area (Å²) in [5.74, 6) is 0.814. The van der Waals surface area contributed by atoms with Crippen LogP contribution >= 0.6 is 11.6 Å². The standard InChI is InChI=1S/C13H15ClN4O2/c1-2-7-15-13(19)16-8-11-17-12(18-20-11)9-3-5-10(14)6-4-9/h3-6H,2,7-8H2,1H3,(H2,15,16,19). The summed E-state index contributed by atoms with van der Waals surface area (Å²) in [6.45, 7) is 2.80. The van der Waals surface area contributed by atoms with Crippen molar-refractivity contribution in [3.63, 3.8) is 0 Å². The minimum Gasteiger partial charge on any atom is -0.338 e. The molecule has 106 valence electrons. The first-order valence-electron chi connectivity index (χ1n) is 6.29. The number of benzene rings is 1. The average Bonchev–Trinajstić information content (AvgIpc) is 2.92. The molecule has 0 aliphatic carbocycles. The number of amides is 2. The van der Waals surface area contributed by atoms with Crippen molar-refractivity contribution in [3.8, 4) is 11.4 Å². The van der Waals surface area contributed by atoms with Gasteiger partial charge in [0, 0.05) is 17.1 Å². The first-order valence-corrected chi connectivity index (χ1v) is 6.67. The first kappa shape index (κ1) is 14.3. The highest BCUT2D eigenvalue weighted by Gasteiger charge is 2.09. The Kier molecular flexibility index (Phi) is 4.95. The summed E-state index contributed by atoms with van der Waals surface area (Å²) < 4.78 is 5.07. The molecule has 0 aliphatic heterocycles. The van der Waals surface area contributed by atoms with Gasteiger partial charge >= 0.3 is 6.03 Å². The zero-order chi connectivity index (χ0) is 14.4. The number of nitrogens with zero attached hydrogens (tertiary/aromatic N) is 2. The molecule has 0 aliphatic rings. The molecule has 1 aromatic carbocycles. The summed E-state index contributed by atoms with van der Waals surface area (Å²) in [6, 6.07) is 6.86. The fraction of sp³-hybridized carbons (Fsp3) is 0.308. The van der Waals surface area contributed by atoms with Gasteiger partial charge < -0.3 is 15.2 Å². The van der Waals surface area contributed by atoms with E-state index in [1.54, 1.807) is 24.3 Å². The van der Waals surface area contributed by atoms with Crippen LogP contribution in [0.4, 0.5) is 4.79 Å². The lowest BCUT2D eigenvalue weighted by Crippen LogP contribution is -2.35. The number of carbonyl (C=O) groups excluding carboxylic acids is 1. The maximum atomic E-state index is 11.4. The highest BCUT2D eigenvalue weighted by atomic mass is 35.5. The van der Waals surface area contributed by atoms with Crippen LogP contribution in [-0.4, -0.2) is 22.7 Å². The number of urea groups is 1. The highest BCUT2D eigenvalue weighted by molar-refractivity contribution is 6.30. The Morgan fingerprint density at radius 2 is 2.05 bits per heavy atom. The van der Waals surface area contributed by atoms with Crippen molar-refractivity contribution < 1.29 is 9.32 Å². The minimum atomic E-state index is -0.252. The van der Waals surface area contributed by atoms with Gasteiger partial charge in [-0.3, -0.25) is 0 Å². The van der Waals surface area contributed by atoms with Crippen LogP contribution in [0.15, 0.2) is 28.8 Å². The molecule has 0 spiro atoms. The monoisotopic (exact) mass is 294 g/mol. The van der Waals surface area contributed by atoms with Crippen molar-refractivity contribution in [1.29, 1.82) is 0 Å². The van der Waals surface area contributed by atoms with Crippen molar-refractivity contribution in [2.24, 2.45) is 0 Å². The van der Waals surface area contributed by atoms with Gasteiger partial charge in [-0.1, -0.05) is 23.7 Å². The van der Waals surface area contributed by atoms with Gasteiger partial charge in [0.25, 0.3) is 0 Å². The first-order chi connectivity index (χ1) is 9.69.